The van der Waals surface area contributed by atoms with E-state index in [2.05, 4.69) is 15.3 Å². The molecule has 2 aromatic rings. The molecule has 1 N–H and O–H groups in total. The van der Waals surface area contributed by atoms with Crippen LogP contribution in [-0.4, -0.2) is 37.3 Å². The molecule has 6 heteroatoms. The third-order valence-electron chi connectivity index (χ3n) is 4.09. The third kappa shape index (κ3) is 2.84. The molecule has 2 aromatic heterocycles. The van der Waals surface area contributed by atoms with Gasteiger partial charge in [0.25, 0.3) is 0 Å². The fourth-order valence-electron chi connectivity index (χ4n) is 3.06. The van der Waals surface area contributed by atoms with Gasteiger partial charge >= 0.3 is 0 Å². The first-order valence-corrected chi connectivity index (χ1v) is 7.45. The molecule has 1 amide bonds. The van der Waals surface area contributed by atoms with E-state index in [4.69, 9.17) is 0 Å². The van der Waals surface area contributed by atoms with E-state index in [1.807, 2.05) is 30.9 Å². The average Bonchev–Trinajstić information content (AvgIpc) is 3.09. The van der Waals surface area contributed by atoms with Crippen molar-refractivity contribution < 1.29 is 4.79 Å². The molecule has 1 atom stereocenters. The molecule has 3 rings (SSSR count). The van der Waals surface area contributed by atoms with Crippen molar-refractivity contribution in [1.82, 2.24) is 24.9 Å². The van der Waals surface area contributed by atoms with Crippen LogP contribution in [-0.2, 0) is 11.3 Å². The van der Waals surface area contributed by atoms with Gasteiger partial charge in [-0.2, -0.15) is 10.2 Å². The number of rotatable bonds is 3. The largest absolute Gasteiger partial charge is 0.333 e. The Kier molecular flexibility index (Phi) is 3.77. The van der Waals surface area contributed by atoms with Crippen molar-refractivity contribution in [2.24, 2.45) is 0 Å². The summed E-state index contributed by atoms with van der Waals surface area (Å²) in [6.07, 6.45) is 4.94. The first-order chi connectivity index (χ1) is 10.1. The third-order valence-corrected chi connectivity index (χ3v) is 4.09. The molecule has 0 bridgehead atoms. The number of likely N-dealkylation sites (tertiary alicyclic amines) is 1. The molecule has 0 aromatic carbocycles. The summed E-state index contributed by atoms with van der Waals surface area (Å²) in [4.78, 5) is 14.6. The molecule has 21 heavy (non-hydrogen) atoms. The Bertz CT molecular complexity index is 616. The number of nitrogens with one attached hydrogen (secondary N) is 1. The SMILES string of the molecule is Cc1cc(C)n(CC(=O)N2CCCC[C@@H]2c2ccn[nH]2)n1. The molecule has 1 aliphatic rings. The summed E-state index contributed by atoms with van der Waals surface area (Å²) in [5.41, 5.74) is 3.00. The number of amides is 1. The molecule has 6 nitrogen and oxygen atoms in total. The number of aryl methyl sites for hydroxylation is 2. The number of hydrogen-bond acceptors (Lipinski definition) is 3. The summed E-state index contributed by atoms with van der Waals surface area (Å²) < 4.78 is 1.79. The topological polar surface area (TPSA) is 66.8 Å². The Morgan fingerprint density at radius 1 is 1.43 bits per heavy atom. The summed E-state index contributed by atoms with van der Waals surface area (Å²) in [6.45, 7) is 5.05. The number of nitrogens with zero attached hydrogens (tertiary/aromatic N) is 4. The molecular weight excluding hydrogens is 266 g/mol. The predicted molar refractivity (Wildman–Crippen MR) is 78.6 cm³/mol. The van der Waals surface area contributed by atoms with Gasteiger partial charge in [-0.05, 0) is 45.2 Å². The number of piperidine rings is 1. The zero-order valence-corrected chi connectivity index (χ0v) is 12.5. The molecule has 1 fully saturated rings. The van der Waals surface area contributed by atoms with Gasteiger partial charge in [0.1, 0.15) is 6.54 Å². The number of H-pyrrole nitrogens is 1. The quantitative estimate of drug-likeness (QED) is 0.938. The minimum Gasteiger partial charge on any atom is -0.333 e. The van der Waals surface area contributed by atoms with Crippen molar-refractivity contribution >= 4 is 5.91 Å². The van der Waals surface area contributed by atoms with Gasteiger partial charge in [-0.1, -0.05) is 0 Å². The first-order valence-electron chi connectivity index (χ1n) is 7.45. The molecule has 0 radical (unpaired) electrons. The van der Waals surface area contributed by atoms with E-state index in [1.165, 1.54) is 0 Å². The molecule has 112 valence electrons. The van der Waals surface area contributed by atoms with E-state index < -0.39 is 0 Å². The van der Waals surface area contributed by atoms with Crippen LogP contribution in [0.2, 0.25) is 0 Å². The van der Waals surface area contributed by atoms with Gasteiger partial charge in [0, 0.05) is 18.4 Å². The van der Waals surface area contributed by atoms with Crippen molar-refractivity contribution in [1.29, 1.82) is 0 Å². The van der Waals surface area contributed by atoms with Crippen molar-refractivity contribution in [3.05, 3.63) is 35.4 Å². The van der Waals surface area contributed by atoms with Crippen LogP contribution in [0.25, 0.3) is 0 Å². The van der Waals surface area contributed by atoms with Gasteiger partial charge in [-0.3, -0.25) is 14.6 Å². The molecule has 1 saturated heterocycles. The number of hydrogen-bond donors (Lipinski definition) is 1. The second-order valence-electron chi connectivity index (χ2n) is 5.70. The van der Waals surface area contributed by atoms with E-state index >= 15 is 0 Å². The van der Waals surface area contributed by atoms with Gasteiger partial charge in [-0.25, -0.2) is 0 Å². The summed E-state index contributed by atoms with van der Waals surface area (Å²) >= 11 is 0. The van der Waals surface area contributed by atoms with Gasteiger partial charge in [0.2, 0.25) is 5.91 Å². The van der Waals surface area contributed by atoms with Crippen LogP contribution in [0, 0.1) is 13.8 Å². The van der Waals surface area contributed by atoms with Crippen LogP contribution in [0.4, 0.5) is 0 Å². The Labute approximate surface area is 124 Å². The van der Waals surface area contributed by atoms with Crippen molar-refractivity contribution in [3.63, 3.8) is 0 Å². The smallest absolute Gasteiger partial charge is 0.244 e. The lowest BCUT2D eigenvalue weighted by Crippen LogP contribution is -2.40. The fraction of sp³-hybridized carbons (Fsp3) is 0.533. The minimum atomic E-state index is 0.116. The Balaban J connectivity index is 1.77. The summed E-state index contributed by atoms with van der Waals surface area (Å²) in [5, 5.41) is 11.4. The van der Waals surface area contributed by atoms with Crippen LogP contribution in [0.1, 0.15) is 42.4 Å². The molecule has 0 saturated carbocycles. The minimum absolute atomic E-state index is 0.116. The molecule has 0 spiro atoms. The molecule has 0 unspecified atom stereocenters. The van der Waals surface area contributed by atoms with Crippen LogP contribution >= 0.6 is 0 Å². The fourth-order valence-corrected chi connectivity index (χ4v) is 3.06. The maximum atomic E-state index is 12.7. The van der Waals surface area contributed by atoms with Crippen molar-refractivity contribution in [2.45, 2.75) is 45.7 Å². The maximum absolute atomic E-state index is 12.7. The van der Waals surface area contributed by atoms with E-state index in [1.54, 1.807) is 10.9 Å². The lowest BCUT2D eigenvalue weighted by Gasteiger charge is -2.35. The van der Waals surface area contributed by atoms with Gasteiger partial charge in [-0.15, -0.1) is 0 Å². The van der Waals surface area contributed by atoms with Crippen LogP contribution < -0.4 is 0 Å². The van der Waals surface area contributed by atoms with E-state index in [-0.39, 0.29) is 11.9 Å². The van der Waals surface area contributed by atoms with E-state index in [0.29, 0.717) is 6.54 Å². The lowest BCUT2D eigenvalue weighted by molar-refractivity contribution is -0.136. The van der Waals surface area contributed by atoms with E-state index in [9.17, 15) is 4.79 Å². The van der Waals surface area contributed by atoms with Crippen molar-refractivity contribution in [3.8, 4) is 0 Å². The summed E-state index contributed by atoms with van der Waals surface area (Å²) in [7, 11) is 0. The van der Waals surface area contributed by atoms with Crippen LogP contribution in [0.5, 0.6) is 0 Å². The monoisotopic (exact) mass is 287 g/mol. The highest BCUT2D eigenvalue weighted by atomic mass is 16.2. The average molecular weight is 287 g/mol. The summed E-state index contributed by atoms with van der Waals surface area (Å²) in [6, 6.07) is 4.07. The number of carbonyl (C=O) groups excluding carboxylic acids is 1. The molecular formula is C15H21N5O. The molecule has 3 heterocycles. The van der Waals surface area contributed by atoms with Crippen LogP contribution in [0.3, 0.4) is 0 Å². The van der Waals surface area contributed by atoms with Crippen LogP contribution in [0.15, 0.2) is 18.3 Å². The Hall–Kier alpha value is -2.11. The van der Waals surface area contributed by atoms with Crippen molar-refractivity contribution in [2.75, 3.05) is 6.54 Å². The second kappa shape index (κ2) is 5.71. The highest BCUT2D eigenvalue weighted by molar-refractivity contribution is 5.76. The highest BCUT2D eigenvalue weighted by Gasteiger charge is 2.29. The molecule has 0 aliphatic carbocycles. The zero-order valence-electron chi connectivity index (χ0n) is 12.5. The van der Waals surface area contributed by atoms with Gasteiger partial charge < -0.3 is 4.90 Å². The van der Waals surface area contributed by atoms with Gasteiger partial charge in [0.05, 0.1) is 17.4 Å². The maximum Gasteiger partial charge on any atom is 0.244 e. The highest BCUT2D eigenvalue weighted by Crippen LogP contribution is 2.29. The summed E-state index contributed by atoms with van der Waals surface area (Å²) in [5.74, 6) is 0.125. The van der Waals surface area contributed by atoms with Gasteiger partial charge in [0.15, 0.2) is 0 Å². The Morgan fingerprint density at radius 3 is 2.95 bits per heavy atom. The number of aromatic nitrogens is 4. The zero-order chi connectivity index (χ0) is 14.8. The first kappa shape index (κ1) is 13.9. The number of aromatic amines is 1. The standard InChI is InChI=1S/C15H21N5O/c1-11-9-12(2)20(18-11)10-15(21)19-8-4-3-5-14(19)13-6-7-16-17-13/h6-7,9,14H,3-5,8,10H2,1-2H3,(H,16,17)/t14-/m1/s1. The van der Waals surface area contributed by atoms with E-state index in [0.717, 1.165) is 42.9 Å². The normalized spacial score (nSPS) is 19.0. The predicted octanol–water partition coefficient (Wildman–Crippen LogP) is 1.98. The number of carbonyl (C=O) groups is 1. The lowest BCUT2D eigenvalue weighted by atomic mass is 9.99. The molecule has 1 aliphatic heterocycles. The Morgan fingerprint density at radius 2 is 2.29 bits per heavy atom. The second-order valence-corrected chi connectivity index (χ2v) is 5.70.